The summed E-state index contributed by atoms with van der Waals surface area (Å²) in [6, 6.07) is 20.7. The lowest BCUT2D eigenvalue weighted by molar-refractivity contribution is 0.0785. The average Bonchev–Trinajstić information content (AvgIpc) is 2.79. The Labute approximate surface area is 183 Å². The highest BCUT2D eigenvalue weighted by atomic mass is 32.2. The van der Waals surface area contributed by atoms with Gasteiger partial charge in [-0.05, 0) is 66.1 Å². The van der Waals surface area contributed by atoms with Gasteiger partial charge in [0.1, 0.15) is 5.75 Å². The quantitative estimate of drug-likeness (QED) is 0.568. The number of methoxy groups -OCH3 is 1. The van der Waals surface area contributed by atoms with Crippen LogP contribution in [-0.2, 0) is 23.0 Å². The molecule has 0 aromatic heterocycles. The molecule has 0 atom stereocenters. The van der Waals surface area contributed by atoms with E-state index in [2.05, 4.69) is 23.8 Å². The predicted molar refractivity (Wildman–Crippen MR) is 122 cm³/mol. The van der Waals surface area contributed by atoms with Crippen LogP contribution >= 0.6 is 0 Å². The second-order valence-corrected chi connectivity index (χ2v) is 8.87. The van der Waals surface area contributed by atoms with Crippen LogP contribution in [0.1, 0.15) is 28.4 Å². The van der Waals surface area contributed by atoms with E-state index < -0.39 is 10.0 Å². The van der Waals surface area contributed by atoms with Crippen molar-refractivity contribution in [3.63, 3.8) is 0 Å². The average molecular weight is 439 g/mol. The van der Waals surface area contributed by atoms with Crippen molar-refractivity contribution >= 4 is 21.6 Å². The number of rotatable bonds is 8. The van der Waals surface area contributed by atoms with Crippen molar-refractivity contribution in [2.24, 2.45) is 0 Å². The zero-order valence-corrected chi connectivity index (χ0v) is 18.6. The molecule has 0 bridgehead atoms. The van der Waals surface area contributed by atoms with Gasteiger partial charge in [-0.25, -0.2) is 8.42 Å². The van der Waals surface area contributed by atoms with Crippen LogP contribution < -0.4 is 9.46 Å². The minimum absolute atomic E-state index is 0.0812. The Bertz CT molecular complexity index is 1120. The zero-order chi connectivity index (χ0) is 22.4. The number of aryl methyl sites for hydroxylation is 1. The predicted octanol–water partition coefficient (Wildman–Crippen LogP) is 4.33. The summed E-state index contributed by atoms with van der Waals surface area (Å²) in [4.78, 5) is 14.4. The fraction of sp³-hybridized carbons (Fsp3) is 0.208. The molecular formula is C24H26N2O4S. The largest absolute Gasteiger partial charge is 0.497 e. The van der Waals surface area contributed by atoms with Gasteiger partial charge in [-0.15, -0.1) is 0 Å². The molecule has 3 aromatic carbocycles. The summed E-state index contributed by atoms with van der Waals surface area (Å²) in [5.74, 6) is 0.461. The van der Waals surface area contributed by atoms with E-state index in [-0.39, 0.29) is 10.8 Å². The van der Waals surface area contributed by atoms with Gasteiger partial charge in [-0.3, -0.25) is 9.52 Å². The summed E-state index contributed by atoms with van der Waals surface area (Å²) in [6.45, 7) is 2.57. The summed E-state index contributed by atoms with van der Waals surface area (Å²) >= 11 is 0. The molecule has 0 heterocycles. The highest BCUT2D eigenvalue weighted by molar-refractivity contribution is 7.92. The lowest BCUT2D eigenvalue weighted by atomic mass is 10.1. The summed E-state index contributed by atoms with van der Waals surface area (Å²) in [5.41, 5.74) is 3.14. The van der Waals surface area contributed by atoms with Gasteiger partial charge in [0, 0.05) is 24.8 Å². The first kappa shape index (κ1) is 22.4. The van der Waals surface area contributed by atoms with Crippen molar-refractivity contribution in [2.75, 3.05) is 18.9 Å². The Balaban J connectivity index is 1.67. The molecule has 0 aliphatic heterocycles. The van der Waals surface area contributed by atoms with Crippen LogP contribution in [0.15, 0.2) is 77.7 Å². The van der Waals surface area contributed by atoms with Crippen LogP contribution in [0.4, 0.5) is 5.69 Å². The van der Waals surface area contributed by atoms with E-state index in [4.69, 9.17) is 4.74 Å². The second-order valence-electron chi connectivity index (χ2n) is 7.19. The summed E-state index contributed by atoms with van der Waals surface area (Å²) in [6.07, 6.45) is 0.970. The molecule has 0 radical (unpaired) electrons. The van der Waals surface area contributed by atoms with Gasteiger partial charge < -0.3 is 9.64 Å². The fourth-order valence-electron chi connectivity index (χ4n) is 3.10. The molecule has 0 aliphatic rings. The van der Waals surface area contributed by atoms with E-state index in [1.54, 1.807) is 43.3 Å². The van der Waals surface area contributed by atoms with Gasteiger partial charge in [-0.1, -0.05) is 31.2 Å². The molecule has 3 aromatic rings. The number of anilines is 1. The molecule has 0 fully saturated rings. The molecule has 7 heteroatoms. The van der Waals surface area contributed by atoms with E-state index in [1.165, 1.54) is 29.8 Å². The van der Waals surface area contributed by atoms with Crippen LogP contribution in [0.2, 0.25) is 0 Å². The SMILES string of the molecule is CCc1ccc(CN(C)C(=O)c2ccc(S(=O)(=O)Nc3ccc(OC)cc3)cc2)cc1. The first-order chi connectivity index (χ1) is 14.8. The Morgan fingerprint density at radius 1 is 0.903 bits per heavy atom. The Hall–Kier alpha value is -3.32. The minimum atomic E-state index is -3.77. The van der Waals surface area contributed by atoms with E-state index >= 15 is 0 Å². The zero-order valence-electron chi connectivity index (χ0n) is 17.8. The van der Waals surface area contributed by atoms with Crippen molar-refractivity contribution in [1.29, 1.82) is 0 Å². The van der Waals surface area contributed by atoms with Gasteiger partial charge in [0.15, 0.2) is 0 Å². The molecule has 3 rings (SSSR count). The number of nitrogens with one attached hydrogen (secondary N) is 1. The van der Waals surface area contributed by atoms with Crippen molar-refractivity contribution in [3.05, 3.63) is 89.5 Å². The fourth-order valence-corrected chi connectivity index (χ4v) is 4.15. The molecule has 0 aliphatic carbocycles. The number of nitrogens with zero attached hydrogens (tertiary/aromatic N) is 1. The number of amides is 1. The molecule has 162 valence electrons. The second kappa shape index (κ2) is 9.66. The van der Waals surface area contributed by atoms with Crippen molar-refractivity contribution in [1.82, 2.24) is 4.90 Å². The van der Waals surface area contributed by atoms with Crippen LogP contribution in [-0.4, -0.2) is 33.4 Å². The maximum Gasteiger partial charge on any atom is 0.261 e. The number of benzene rings is 3. The summed E-state index contributed by atoms with van der Waals surface area (Å²) < 4.78 is 32.8. The summed E-state index contributed by atoms with van der Waals surface area (Å²) in [5, 5.41) is 0. The van der Waals surface area contributed by atoms with E-state index in [9.17, 15) is 13.2 Å². The smallest absolute Gasteiger partial charge is 0.261 e. The third-order valence-corrected chi connectivity index (χ3v) is 6.35. The lowest BCUT2D eigenvalue weighted by Gasteiger charge is -2.18. The maximum absolute atomic E-state index is 12.7. The van der Waals surface area contributed by atoms with Crippen molar-refractivity contribution in [3.8, 4) is 5.75 Å². The van der Waals surface area contributed by atoms with Gasteiger partial charge in [-0.2, -0.15) is 0 Å². The number of carbonyl (C=O) groups excluding carboxylic acids is 1. The Kier molecular flexibility index (Phi) is 6.97. The van der Waals surface area contributed by atoms with E-state index in [0.29, 0.717) is 23.5 Å². The summed E-state index contributed by atoms with van der Waals surface area (Å²) in [7, 11) is -0.495. The van der Waals surface area contributed by atoms with E-state index in [0.717, 1.165) is 12.0 Å². The minimum Gasteiger partial charge on any atom is -0.497 e. The molecule has 1 amide bonds. The van der Waals surface area contributed by atoms with Crippen LogP contribution in [0, 0.1) is 0 Å². The standard InChI is InChI=1S/C24H26N2O4S/c1-4-18-5-7-19(8-6-18)17-26(2)24(27)20-9-15-23(16-10-20)31(28,29)25-21-11-13-22(30-3)14-12-21/h5-16,25H,4,17H2,1-3H3. The molecule has 6 nitrogen and oxygen atoms in total. The van der Waals surface area contributed by atoms with Gasteiger partial charge in [0.2, 0.25) is 0 Å². The van der Waals surface area contributed by atoms with Gasteiger partial charge in [0.25, 0.3) is 15.9 Å². The monoisotopic (exact) mass is 438 g/mol. The molecule has 1 N–H and O–H groups in total. The van der Waals surface area contributed by atoms with Crippen LogP contribution in [0.25, 0.3) is 0 Å². The molecule has 0 saturated heterocycles. The first-order valence-corrected chi connectivity index (χ1v) is 11.4. The number of hydrogen-bond donors (Lipinski definition) is 1. The van der Waals surface area contributed by atoms with E-state index in [1.807, 2.05) is 12.1 Å². The Morgan fingerprint density at radius 2 is 1.48 bits per heavy atom. The van der Waals surface area contributed by atoms with Crippen molar-refractivity contribution in [2.45, 2.75) is 24.8 Å². The Morgan fingerprint density at radius 3 is 2.03 bits per heavy atom. The third kappa shape index (κ3) is 5.64. The molecular weight excluding hydrogens is 412 g/mol. The first-order valence-electron chi connectivity index (χ1n) is 9.92. The molecule has 0 spiro atoms. The number of ether oxygens (including phenoxy) is 1. The van der Waals surface area contributed by atoms with Gasteiger partial charge in [0.05, 0.1) is 12.0 Å². The number of sulfonamides is 1. The highest BCUT2D eigenvalue weighted by Gasteiger charge is 2.17. The number of carbonyl (C=O) groups is 1. The molecule has 0 unspecified atom stereocenters. The van der Waals surface area contributed by atoms with Gasteiger partial charge >= 0.3 is 0 Å². The molecule has 0 saturated carbocycles. The topological polar surface area (TPSA) is 75.7 Å². The maximum atomic E-state index is 12.7. The third-order valence-electron chi connectivity index (χ3n) is 4.95. The highest BCUT2D eigenvalue weighted by Crippen LogP contribution is 2.20. The van der Waals surface area contributed by atoms with Crippen LogP contribution in [0.3, 0.4) is 0 Å². The van der Waals surface area contributed by atoms with Crippen molar-refractivity contribution < 1.29 is 17.9 Å². The normalized spacial score (nSPS) is 11.1. The number of hydrogen-bond acceptors (Lipinski definition) is 4. The van der Waals surface area contributed by atoms with Crippen LogP contribution in [0.5, 0.6) is 5.75 Å². The lowest BCUT2D eigenvalue weighted by Crippen LogP contribution is -2.26. The molecule has 31 heavy (non-hydrogen) atoms.